The van der Waals surface area contributed by atoms with Crippen molar-refractivity contribution < 1.29 is 9.90 Å². The number of hydrogen-bond donors (Lipinski definition) is 1. The molecule has 0 bridgehead atoms. The average molecular weight is 380 g/mol. The number of para-hydroxylation sites is 2. The van der Waals surface area contributed by atoms with E-state index in [0.29, 0.717) is 11.3 Å². The zero-order valence-corrected chi connectivity index (χ0v) is 15.5. The van der Waals surface area contributed by atoms with E-state index < -0.39 is 5.97 Å². The molecule has 26 heavy (non-hydrogen) atoms. The molecule has 0 fully saturated rings. The summed E-state index contributed by atoms with van der Waals surface area (Å²) in [5, 5.41) is 14.5. The predicted octanol–water partition coefficient (Wildman–Crippen LogP) is 5.14. The van der Waals surface area contributed by atoms with Crippen molar-refractivity contribution in [3.63, 3.8) is 0 Å². The Kier molecular flexibility index (Phi) is 4.77. The molecule has 130 valence electrons. The van der Waals surface area contributed by atoms with Crippen LogP contribution in [0.5, 0.6) is 0 Å². The predicted molar refractivity (Wildman–Crippen MR) is 106 cm³/mol. The summed E-state index contributed by atoms with van der Waals surface area (Å²) >= 11 is 3.25. The van der Waals surface area contributed by atoms with E-state index in [0.717, 1.165) is 28.3 Å². The number of thiophene rings is 1. The van der Waals surface area contributed by atoms with Crippen molar-refractivity contribution in [3.8, 4) is 0 Å². The zero-order valence-electron chi connectivity index (χ0n) is 13.8. The Labute approximate surface area is 159 Å². The van der Waals surface area contributed by atoms with Gasteiger partial charge < -0.3 is 9.67 Å². The molecule has 0 amide bonds. The Morgan fingerprint density at radius 3 is 2.73 bits per heavy atom. The van der Waals surface area contributed by atoms with Crippen molar-refractivity contribution in [2.24, 2.45) is 0 Å². The molecule has 0 atom stereocenters. The Hall–Kier alpha value is -2.57. The molecular formula is C20H16N2O2S2. The van der Waals surface area contributed by atoms with Crippen LogP contribution >= 0.6 is 23.1 Å². The fraction of sp³-hybridized carbons (Fsp3) is 0.100. The minimum Gasteiger partial charge on any atom is -0.478 e. The van der Waals surface area contributed by atoms with Crippen LogP contribution in [0.15, 0.2) is 70.5 Å². The maximum absolute atomic E-state index is 11.4. The summed E-state index contributed by atoms with van der Waals surface area (Å²) in [5.74, 6) is -0.330. The first-order valence-electron chi connectivity index (χ1n) is 8.13. The topological polar surface area (TPSA) is 55.1 Å². The molecule has 2 heterocycles. The van der Waals surface area contributed by atoms with Crippen molar-refractivity contribution in [1.82, 2.24) is 9.55 Å². The second kappa shape index (κ2) is 7.35. The van der Waals surface area contributed by atoms with Gasteiger partial charge in [-0.25, -0.2) is 9.78 Å². The quantitative estimate of drug-likeness (QED) is 0.471. The highest BCUT2D eigenvalue weighted by Gasteiger charge is 2.14. The molecule has 0 aliphatic carbocycles. The smallest absolute Gasteiger partial charge is 0.335 e. The average Bonchev–Trinajstić information content (AvgIpc) is 3.29. The number of aromatic carboxylic acids is 1. The maximum Gasteiger partial charge on any atom is 0.335 e. The van der Waals surface area contributed by atoms with Gasteiger partial charge in [-0.3, -0.25) is 0 Å². The molecule has 4 nitrogen and oxygen atoms in total. The van der Waals surface area contributed by atoms with Crippen LogP contribution in [-0.2, 0) is 12.3 Å². The highest BCUT2D eigenvalue weighted by molar-refractivity contribution is 7.98. The minimum absolute atomic E-state index is 0.348. The summed E-state index contributed by atoms with van der Waals surface area (Å²) < 4.78 is 2.20. The number of nitrogens with zero attached hydrogens (tertiary/aromatic N) is 2. The number of thioether (sulfide) groups is 1. The summed E-state index contributed by atoms with van der Waals surface area (Å²) in [6, 6.07) is 17.3. The summed E-state index contributed by atoms with van der Waals surface area (Å²) in [7, 11) is 0. The molecule has 0 radical (unpaired) electrons. The third-order valence-electron chi connectivity index (χ3n) is 4.14. The monoisotopic (exact) mass is 380 g/mol. The lowest BCUT2D eigenvalue weighted by Gasteiger charge is -2.09. The highest BCUT2D eigenvalue weighted by Crippen LogP contribution is 2.29. The maximum atomic E-state index is 11.4. The van der Waals surface area contributed by atoms with Crippen LogP contribution in [0.2, 0.25) is 0 Å². The fourth-order valence-corrected chi connectivity index (χ4v) is 4.56. The second-order valence-corrected chi connectivity index (χ2v) is 7.57. The van der Waals surface area contributed by atoms with Gasteiger partial charge in [-0.1, -0.05) is 42.1 Å². The van der Waals surface area contributed by atoms with Crippen LogP contribution in [0, 0.1) is 0 Å². The molecule has 1 N–H and O–H groups in total. The number of aromatic nitrogens is 2. The van der Waals surface area contributed by atoms with Crippen molar-refractivity contribution in [3.05, 3.63) is 82.0 Å². The Morgan fingerprint density at radius 1 is 1.12 bits per heavy atom. The summed E-state index contributed by atoms with van der Waals surface area (Å²) in [4.78, 5) is 16.2. The van der Waals surface area contributed by atoms with Gasteiger partial charge in [0.1, 0.15) is 0 Å². The van der Waals surface area contributed by atoms with E-state index >= 15 is 0 Å². The van der Waals surface area contributed by atoms with E-state index in [2.05, 4.69) is 27.5 Å². The van der Waals surface area contributed by atoms with Crippen LogP contribution in [0.4, 0.5) is 0 Å². The molecule has 2 aromatic heterocycles. The number of imidazole rings is 1. The van der Waals surface area contributed by atoms with Gasteiger partial charge in [0.05, 0.1) is 23.1 Å². The van der Waals surface area contributed by atoms with E-state index in [9.17, 15) is 9.90 Å². The standard InChI is InChI=1S/C20H16N2O2S2/c23-19(24)16-6-2-1-5-15(16)13-26-20-21-17-7-3-4-8-18(17)22(20)11-14-9-10-25-12-14/h1-10,12H,11,13H2,(H,23,24). The van der Waals surface area contributed by atoms with Crippen LogP contribution < -0.4 is 0 Å². The number of benzene rings is 2. The van der Waals surface area contributed by atoms with Gasteiger partial charge in [-0.05, 0) is 46.2 Å². The lowest BCUT2D eigenvalue weighted by atomic mass is 10.1. The number of fused-ring (bicyclic) bond motifs is 1. The first-order valence-corrected chi connectivity index (χ1v) is 10.1. The van der Waals surface area contributed by atoms with Crippen LogP contribution in [-0.4, -0.2) is 20.6 Å². The van der Waals surface area contributed by atoms with Crippen molar-refractivity contribution in [1.29, 1.82) is 0 Å². The Bertz CT molecular complexity index is 1050. The Balaban J connectivity index is 1.67. The van der Waals surface area contributed by atoms with Crippen molar-refractivity contribution >= 4 is 40.1 Å². The number of carboxylic acid groups (broad SMARTS) is 1. The van der Waals surface area contributed by atoms with E-state index in [4.69, 9.17) is 4.98 Å². The van der Waals surface area contributed by atoms with Gasteiger partial charge in [-0.2, -0.15) is 11.3 Å². The molecule has 0 aliphatic rings. The van der Waals surface area contributed by atoms with Gasteiger partial charge in [0.15, 0.2) is 5.16 Å². The molecular weight excluding hydrogens is 364 g/mol. The normalized spacial score (nSPS) is 11.1. The van der Waals surface area contributed by atoms with Gasteiger partial charge in [0, 0.05) is 5.75 Å². The largest absolute Gasteiger partial charge is 0.478 e. The number of carbonyl (C=O) groups is 1. The summed E-state index contributed by atoms with van der Waals surface area (Å²) in [6.07, 6.45) is 0. The summed E-state index contributed by atoms with van der Waals surface area (Å²) in [6.45, 7) is 0.757. The number of hydrogen-bond acceptors (Lipinski definition) is 4. The van der Waals surface area contributed by atoms with Crippen molar-refractivity contribution in [2.45, 2.75) is 17.5 Å². The number of rotatable bonds is 6. The molecule has 0 saturated carbocycles. The lowest BCUT2D eigenvalue weighted by molar-refractivity contribution is 0.0696. The van der Waals surface area contributed by atoms with Gasteiger partial charge in [0.25, 0.3) is 0 Å². The third-order valence-corrected chi connectivity index (χ3v) is 5.90. The summed E-state index contributed by atoms with van der Waals surface area (Å²) in [5.41, 5.74) is 4.44. The molecule has 2 aromatic carbocycles. The second-order valence-electron chi connectivity index (χ2n) is 5.85. The van der Waals surface area contributed by atoms with Crippen LogP contribution in [0.3, 0.4) is 0 Å². The van der Waals surface area contributed by atoms with Gasteiger partial charge in [0.2, 0.25) is 0 Å². The SMILES string of the molecule is O=C(O)c1ccccc1CSc1nc2ccccc2n1Cc1ccsc1. The van der Waals surface area contributed by atoms with E-state index in [-0.39, 0.29) is 0 Å². The first kappa shape index (κ1) is 16.9. The molecule has 0 unspecified atom stereocenters. The molecule has 0 saturated heterocycles. The fourth-order valence-electron chi connectivity index (χ4n) is 2.88. The molecule has 0 aliphatic heterocycles. The molecule has 6 heteroatoms. The highest BCUT2D eigenvalue weighted by atomic mass is 32.2. The zero-order chi connectivity index (χ0) is 17.9. The number of carboxylic acids is 1. The van der Waals surface area contributed by atoms with Crippen LogP contribution in [0.25, 0.3) is 11.0 Å². The molecule has 4 aromatic rings. The van der Waals surface area contributed by atoms with E-state index in [1.165, 1.54) is 5.56 Å². The van der Waals surface area contributed by atoms with Crippen LogP contribution in [0.1, 0.15) is 21.5 Å². The minimum atomic E-state index is -0.895. The lowest BCUT2D eigenvalue weighted by Crippen LogP contribution is -2.03. The first-order chi connectivity index (χ1) is 12.7. The van der Waals surface area contributed by atoms with E-state index in [1.807, 2.05) is 30.3 Å². The Morgan fingerprint density at radius 2 is 1.92 bits per heavy atom. The molecule has 4 rings (SSSR count). The van der Waals surface area contributed by atoms with Crippen molar-refractivity contribution in [2.75, 3.05) is 0 Å². The van der Waals surface area contributed by atoms with Gasteiger partial charge >= 0.3 is 5.97 Å². The molecule has 0 spiro atoms. The van der Waals surface area contributed by atoms with Gasteiger partial charge in [-0.15, -0.1) is 0 Å². The third kappa shape index (κ3) is 3.38. The van der Waals surface area contributed by atoms with E-state index in [1.54, 1.807) is 35.2 Å².